The number of nitrogens with one attached hydrogen (secondary N) is 1. The molecule has 94 valence electrons. The van der Waals surface area contributed by atoms with Gasteiger partial charge in [0.15, 0.2) is 0 Å². The number of aliphatic hydroxyl groups is 1. The van der Waals surface area contributed by atoms with Gasteiger partial charge in [-0.1, -0.05) is 15.9 Å². The van der Waals surface area contributed by atoms with Gasteiger partial charge < -0.3 is 15.3 Å². The first kappa shape index (κ1) is 12.9. The van der Waals surface area contributed by atoms with Gasteiger partial charge in [0.25, 0.3) is 0 Å². The van der Waals surface area contributed by atoms with Crippen molar-refractivity contribution in [1.82, 2.24) is 5.32 Å². The predicted octanol–water partition coefficient (Wildman–Crippen LogP) is 1.92. The van der Waals surface area contributed by atoms with Gasteiger partial charge in [-0.3, -0.25) is 0 Å². The van der Waals surface area contributed by atoms with Crippen molar-refractivity contribution in [3.63, 3.8) is 0 Å². The highest BCUT2D eigenvalue weighted by molar-refractivity contribution is 9.10. The lowest BCUT2D eigenvalue weighted by Gasteiger charge is -2.39. The zero-order valence-corrected chi connectivity index (χ0v) is 11.9. The Morgan fingerprint density at radius 1 is 1.47 bits per heavy atom. The number of anilines is 1. The second kappa shape index (κ2) is 5.38. The van der Waals surface area contributed by atoms with Gasteiger partial charge in [0.1, 0.15) is 0 Å². The second-order valence-electron chi connectivity index (χ2n) is 4.78. The Morgan fingerprint density at radius 2 is 2.24 bits per heavy atom. The fourth-order valence-electron chi connectivity index (χ4n) is 2.46. The first-order chi connectivity index (χ1) is 8.10. The molecule has 4 heteroatoms. The van der Waals surface area contributed by atoms with Crippen LogP contribution in [0, 0.1) is 6.92 Å². The minimum Gasteiger partial charge on any atom is -0.395 e. The SMILES string of the molecule is Cc1cc(Br)ccc1N1CC(C)NC(CO)C1. The molecular weight excluding hydrogens is 280 g/mol. The molecule has 3 nitrogen and oxygen atoms in total. The van der Waals surface area contributed by atoms with Crippen LogP contribution in [0.4, 0.5) is 5.69 Å². The zero-order valence-electron chi connectivity index (χ0n) is 10.3. The summed E-state index contributed by atoms with van der Waals surface area (Å²) in [6.07, 6.45) is 0. The smallest absolute Gasteiger partial charge is 0.0602 e. The van der Waals surface area contributed by atoms with E-state index in [-0.39, 0.29) is 12.6 Å². The number of piperazine rings is 1. The fourth-order valence-corrected chi connectivity index (χ4v) is 2.94. The van der Waals surface area contributed by atoms with E-state index in [0.29, 0.717) is 6.04 Å². The highest BCUT2D eigenvalue weighted by atomic mass is 79.9. The Hall–Kier alpha value is -0.580. The van der Waals surface area contributed by atoms with Gasteiger partial charge in [0.2, 0.25) is 0 Å². The van der Waals surface area contributed by atoms with Crippen LogP contribution in [-0.4, -0.2) is 36.9 Å². The quantitative estimate of drug-likeness (QED) is 0.876. The molecule has 1 aromatic rings. The van der Waals surface area contributed by atoms with Crippen molar-refractivity contribution in [3.05, 3.63) is 28.2 Å². The third-order valence-corrected chi connectivity index (χ3v) is 3.67. The number of rotatable bonds is 2. The monoisotopic (exact) mass is 298 g/mol. The molecule has 1 aliphatic rings. The normalized spacial score (nSPS) is 25.1. The fraction of sp³-hybridized carbons (Fsp3) is 0.538. The molecule has 0 radical (unpaired) electrons. The molecule has 1 aromatic carbocycles. The lowest BCUT2D eigenvalue weighted by atomic mass is 10.1. The summed E-state index contributed by atoms with van der Waals surface area (Å²) in [4.78, 5) is 2.35. The minimum atomic E-state index is 0.168. The van der Waals surface area contributed by atoms with Crippen molar-refractivity contribution in [2.45, 2.75) is 25.9 Å². The van der Waals surface area contributed by atoms with Crippen molar-refractivity contribution in [2.75, 3.05) is 24.6 Å². The summed E-state index contributed by atoms with van der Waals surface area (Å²) in [5.74, 6) is 0. The van der Waals surface area contributed by atoms with E-state index in [1.807, 2.05) is 0 Å². The van der Waals surface area contributed by atoms with E-state index >= 15 is 0 Å². The molecule has 0 saturated carbocycles. The second-order valence-corrected chi connectivity index (χ2v) is 5.70. The van der Waals surface area contributed by atoms with Crippen molar-refractivity contribution >= 4 is 21.6 Å². The Bertz CT molecular complexity index is 397. The van der Waals surface area contributed by atoms with Gasteiger partial charge in [0, 0.05) is 35.3 Å². The molecule has 2 N–H and O–H groups in total. The van der Waals surface area contributed by atoms with E-state index in [9.17, 15) is 5.11 Å². The van der Waals surface area contributed by atoms with Crippen molar-refractivity contribution in [3.8, 4) is 0 Å². The Morgan fingerprint density at radius 3 is 2.88 bits per heavy atom. The van der Waals surface area contributed by atoms with E-state index in [4.69, 9.17) is 0 Å². The molecule has 0 spiro atoms. The maximum Gasteiger partial charge on any atom is 0.0602 e. The molecule has 0 amide bonds. The standard InChI is InChI=1S/C13H19BrN2O/c1-9-5-11(14)3-4-13(9)16-6-10(2)15-12(7-16)8-17/h3-5,10,12,15,17H,6-8H2,1-2H3. The molecule has 17 heavy (non-hydrogen) atoms. The molecule has 0 bridgehead atoms. The summed E-state index contributed by atoms with van der Waals surface area (Å²) < 4.78 is 1.11. The topological polar surface area (TPSA) is 35.5 Å². The molecule has 1 aliphatic heterocycles. The van der Waals surface area contributed by atoms with E-state index in [1.165, 1.54) is 11.3 Å². The highest BCUT2D eigenvalue weighted by Gasteiger charge is 2.24. The molecule has 1 heterocycles. The van der Waals surface area contributed by atoms with Crippen molar-refractivity contribution in [1.29, 1.82) is 0 Å². The van der Waals surface area contributed by atoms with Crippen LogP contribution >= 0.6 is 15.9 Å². The number of halogens is 1. The molecule has 1 fully saturated rings. The number of aryl methyl sites for hydroxylation is 1. The highest BCUT2D eigenvalue weighted by Crippen LogP contribution is 2.25. The van der Waals surface area contributed by atoms with Gasteiger partial charge in [0.05, 0.1) is 6.61 Å². The minimum absolute atomic E-state index is 0.168. The Balaban J connectivity index is 2.20. The van der Waals surface area contributed by atoms with Crippen LogP contribution in [-0.2, 0) is 0 Å². The van der Waals surface area contributed by atoms with Gasteiger partial charge in [-0.2, -0.15) is 0 Å². The molecule has 2 atom stereocenters. The summed E-state index contributed by atoms with van der Waals surface area (Å²) >= 11 is 3.49. The average Bonchev–Trinajstić information content (AvgIpc) is 2.28. The maximum atomic E-state index is 9.29. The van der Waals surface area contributed by atoms with Crippen molar-refractivity contribution < 1.29 is 5.11 Å². The summed E-state index contributed by atoms with van der Waals surface area (Å²) in [5, 5.41) is 12.7. The van der Waals surface area contributed by atoms with Crippen LogP contribution < -0.4 is 10.2 Å². The number of hydrogen-bond donors (Lipinski definition) is 2. The number of benzene rings is 1. The first-order valence-electron chi connectivity index (χ1n) is 5.98. The molecule has 1 saturated heterocycles. The van der Waals surface area contributed by atoms with Crippen LogP contribution in [0.15, 0.2) is 22.7 Å². The van der Waals surface area contributed by atoms with Gasteiger partial charge >= 0.3 is 0 Å². The van der Waals surface area contributed by atoms with Gasteiger partial charge in [-0.05, 0) is 37.6 Å². The lowest BCUT2D eigenvalue weighted by molar-refractivity contribution is 0.221. The molecular formula is C13H19BrN2O. The zero-order chi connectivity index (χ0) is 12.4. The van der Waals surface area contributed by atoms with Crippen LogP contribution in [0.2, 0.25) is 0 Å². The molecule has 0 aliphatic carbocycles. The average molecular weight is 299 g/mol. The molecule has 0 aromatic heterocycles. The maximum absolute atomic E-state index is 9.29. The van der Waals surface area contributed by atoms with E-state index < -0.39 is 0 Å². The third-order valence-electron chi connectivity index (χ3n) is 3.18. The molecule has 2 rings (SSSR count). The number of aliphatic hydroxyl groups excluding tert-OH is 1. The summed E-state index contributed by atoms with van der Waals surface area (Å²) in [6, 6.07) is 6.93. The third kappa shape index (κ3) is 3.00. The number of nitrogens with zero attached hydrogens (tertiary/aromatic N) is 1. The summed E-state index contributed by atoms with van der Waals surface area (Å²) in [5.41, 5.74) is 2.53. The van der Waals surface area contributed by atoms with Crippen LogP contribution in [0.5, 0.6) is 0 Å². The summed E-state index contributed by atoms with van der Waals surface area (Å²) in [7, 11) is 0. The van der Waals surface area contributed by atoms with E-state index in [2.05, 4.69) is 58.2 Å². The van der Waals surface area contributed by atoms with Gasteiger partial charge in [-0.25, -0.2) is 0 Å². The van der Waals surface area contributed by atoms with Crippen LogP contribution in [0.3, 0.4) is 0 Å². The predicted molar refractivity (Wildman–Crippen MR) is 74.6 cm³/mol. The number of hydrogen-bond acceptors (Lipinski definition) is 3. The van der Waals surface area contributed by atoms with Crippen molar-refractivity contribution in [2.24, 2.45) is 0 Å². The van der Waals surface area contributed by atoms with E-state index in [0.717, 1.165) is 17.6 Å². The van der Waals surface area contributed by atoms with Crippen LogP contribution in [0.1, 0.15) is 12.5 Å². The van der Waals surface area contributed by atoms with Gasteiger partial charge in [-0.15, -0.1) is 0 Å². The Labute approximate surface area is 111 Å². The van der Waals surface area contributed by atoms with Crippen LogP contribution in [0.25, 0.3) is 0 Å². The Kier molecular flexibility index (Phi) is 4.07. The molecule has 2 unspecified atom stereocenters. The van der Waals surface area contributed by atoms with E-state index in [1.54, 1.807) is 0 Å². The largest absolute Gasteiger partial charge is 0.395 e. The first-order valence-corrected chi connectivity index (χ1v) is 6.77. The summed E-state index contributed by atoms with van der Waals surface area (Å²) in [6.45, 7) is 6.32. The lowest BCUT2D eigenvalue weighted by Crippen LogP contribution is -2.57.